The number of furan rings is 1. The molecule has 2 aliphatic rings. The van der Waals surface area contributed by atoms with Gasteiger partial charge in [-0.15, -0.1) is 6.42 Å². The molecule has 1 saturated carbocycles. The van der Waals surface area contributed by atoms with Crippen LogP contribution in [0.4, 0.5) is 0 Å². The highest BCUT2D eigenvalue weighted by Crippen LogP contribution is 2.38. The van der Waals surface area contributed by atoms with Crippen LogP contribution in [0.25, 0.3) is 10.8 Å². The highest BCUT2D eigenvalue weighted by Gasteiger charge is 2.24. The van der Waals surface area contributed by atoms with Crippen LogP contribution in [0.3, 0.4) is 0 Å². The van der Waals surface area contributed by atoms with Gasteiger partial charge in [0.1, 0.15) is 5.76 Å². The van der Waals surface area contributed by atoms with Gasteiger partial charge in [-0.3, -0.25) is 4.90 Å². The number of fused-ring (bicyclic) bond motifs is 1. The Morgan fingerprint density at radius 2 is 1.83 bits per heavy atom. The molecule has 0 spiro atoms. The minimum Gasteiger partial charge on any atom is -0.468 e. The molecule has 2 heterocycles. The van der Waals surface area contributed by atoms with E-state index in [9.17, 15) is 0 Å². The molecule has 1 saturated heterocycles. The fourth-order valence-electron chi connectivity index (χ4n) is 4.58. The maximum atomic E-state index is 6.03. The average Bonchev–Trinajstić information content (AvgIpc) is 3.06. The van der Waals surface area contributed by atoms with Gasteiger partial charge < -0.3 is 4.42 Å². The number of likely N-dealkylation sites (tertiary alicyclic amines) is 1. The van der Waals surface area contributed by atoms with Gasteiger partial charge in [0, 0.05) is 16.7 Å². The van der Waals surface area contributed by atoms with Gasteiger partial charge in [0.15, 0.2) is 0 Å². The van der Waals surface area contributed by atoms with E-state index in [1.807, 2.05) is 6.26 Å². The first kappa shape index (κ1) is 15.8. The van der Waals surface area contributed by atoms with Crippen LogP contribution in [0.1, 0.15) is 68.1 Å². The van der Waals surface area contributed by atoms with Crippen molar-refractivity contribution < 1.29 is 4.42 Å². The molecule has 0 N–H and O–H groups in total. The van der Waals surface area contributed by atoms with Gasteiger partial charge in [-0.1, -0.05) is 37.3 Å². The molecule has 126 valence electrons. The van der Waals surface area contributed by atoms with E-state index < -0.39 is 0 Å². The third-order valence-electron chi connectivity index (χ3n) is 6.00. The standard InChI is InChI=1S/C22H27NO/c1-2-12-23-13-10-18(11-14-23)22-21-9-8-19(15-20(21)16-24-22)17-6-4-3-5-7-17/h1,8-9,15-18H,3-7,10-14H2. The second-order valence-corrected chi connectivity index (χ2v) is 7.54. The predicted molar refractivity (Wildman–Crippen MR) is 99.3 cm³/mol. The minimum atomic E-state index is 0.539. The first-order valence-electron chi connectivity index (χ1n) is 9.52. The second-order valence-electron chi connectivity index (χ2n) is 7.54. The number of benzene rings is 1. The summed E-state index contributed by atoms with van der Waals surface area (Å²) in [6.07, 6.45) is 16.6. The van der Waals surface area contributed by atoms with Crippen LogP contribution in [0.5, 0.6) is 0 Å². The van der Waals surface area contributed by atoms with E-state index in [1.54, 1.807) is 0 Å². The molecule has 1 aliphatic heterocycles. The highest BCUT2D eigenvalue weighted by molar-refractivity contribution is 5.85. The quantitative estimate of drug-likeness (QED) is 0.714. The van der Waals surface area contributed by atoms with Gasteiger partial charge >= 0.3 is 0 Å². The Labute approximate surface area is 145 Å². The first-order chi connectivity index (χ1) is 11.8. The summed E-state index contributed by atoms with van der Waals surface area (Å²) in [6, 6.07) is 7.04. The Hall–Kier alpha value is -1.72. The van der Waals surface area contributed by atoms with E-state index in [2.05, 4.69) is 29.0 Å². The summed E-state index contributed by atoms with van der Waals surface area (Å²) in [5.74, 6) is 5.25. The normalized spacial score (nSPS) is 21.1. The minimum absolute atomic E-state index is 0.539. The topological polar surface area (TPSA) is 16.4 Å². The molecule has 1 aromatic carbocycles. The largest absolute Gasteiger partial charge is 0.468 e. The second kappa shape index (κ2) is 7.03. The molecular weight excluding hydrogens is 294 g/mol. The van der Waals surface area contributed by atoms with E-state index in [0.29, 0.717) is 5.92 Å². The fourth-order valence-corrected chi connectivity index (χ4v) is 4.58. The third-order valence-corrected chi connectivity index (χ3v) is 6.00. The molecule has 0 atom stereocenters. The summed E-state index contributed by atoms with van der Waals surface area (Å²) in [6.45, 7) is 2.94. The summed E-state index contributed by atoms with van der Waals surface area (Å²) in [5.41, 5.74) is 1.51. The van der Waals surface area contributed by atoms with Gasteiger partial charge in [-0.2, -0.15) is 0 Å². The Kier molecular flexibility index (Phi) is 4.63. The molecule has 4 rings (SSSR count). The zero-order valence-electron chi connectivity index (χ0n) is 14.5. The van der Waals surface area contributed by atoms with Crippen LogP contribution in [0.2, 0.25) is 0 Å². The SMILES string of the molecule is C#CCN1CCC(c2occ3cc(C4CCCCC4)ccc23)CC1. The summed E-state index contributed by atoms with van der Waals surface area (Å²) in [7, 11) is 0. The number of piperidine rings is 1. The Morgan fingerprint density at radius 3 is 2.58 bits per heavy atom. The van der Waals surface area contributed by atoms with Gasteiger partial charge in [0.25, 0.3) is 0 Å². The Bertz CT molecular complexity index is 724. The van der Waals surface area contributed by atoms with Crippen molar-refractivity contribution in [2.75, 3.05) is 19.6 Å². The summed E-state index contributed by atoms with van der Waals surface area (Å²) < 4.78 is 6.03. The number of hydrogen-bond acceptors (Lipinski definition) is 2. The number of terminal acetylenes is 1. The molecule has 24 heavy (non-hydrogen) atoms. The van der Waals surface area contributed by atoms with Crippen LogP contribution in [-0.2, 0) is 0 Å². The molecule has 2 aromatic rings. The van der Waals surface area contributed by atoms with Crippen molar-refractivity contribution in [3.63, 3.8) is 0 Å². The molecular formula is C22H27NO. The van der Waals surface area contributed by atoms with Crippen LogP contribution in [0.15, 0.2) is 28.9 Å². The lowest BCUT2D eigenvalue weighted by molar-refractivity contribution is 0.224. The summed E-state index contributed by atoms with van der Waals surface area (Å²) in [4.78, 5) is 2.36. The third kappa shape index (κ3) is 3.10. The molecule has 1 aliphatic carbocycles. The van der Waals surface area contributed by atoms with E-state index >= 15 is 0 Å². The molecule has 0 amide bonds. The maximum Gasteiger partial charge on any atom is 0.114 e. The monoisotopic (exact) mass is 321 g/mol. The van der Waals surface area contributed by atoms with Gasteiger partial charge in [-0.05, 0) is 56.3 Å². The highest BCUT2D eigenvalue weighted by atomic mass is 16.3. The fraction of sp³-hybridized carbons (Fsp3) is 0.545. The van der Waals surface area contributed by atoms with Crippen molar-refractivity contribution in [1.29, 1.82) is 0 Å². The van der Waals surface area contributed by atoms with E-state index in [1.165, 1.54) is 54.2 Å². The van der Waals surface area contributed by atoms with Crippen LogP contribution in [-0.4, -0.2) is 24.5 Å². The van der Waals surface area contributed by atoms with Crippen molar-refractivity contribution in [2.45, 2.75) is 56.8 Å². The van der Waals surface area contributed by atoms with Crippen molar-refractivity contribution in [1.82, 2.24) is 4.90 Å². The van der Waals surface area contributed by atoms with Crippen molar-refractivity contribution in [2.24, 2.45) is 0 Å². The van der Waals surface area contributed by atoms with Crippen molar-refractivity contribution in [3.05, 3.63) is 35.8 Å². The number of hydrogen-bond donors (Lipinski definition) is 0. The van der Waals surface area contributed by atoms with Crippen molar-refractivity contribution >= 4 is 10.8 Å². The van der Waals surface area contributed by atoms with Crippen LogP contribution >= 0.6 is 0 Å². The van der Waals surface area contributed by atoms with Gasteiger partial charge in [0.2, 0.25) is 0 Å². The molecule has 0 bridgehead atoms. The number of rotatable bonds is 3. The zero-order chi connectivity index (χ0) is 16.4. The molecule has 2 fully saturated rings. The van der Waals surface area contributed by atoms with E-state index in [0.717, 1.165) is 38.4 Å². The molecule has 2 heteroatoms. The smallest absolute Gasteiger partial charge is 0.114 e. The predicted octanol–water partition coefficient (Wildman–Crippen LogP) is 5.29. The molecule has 2 nitrogen and oxygen atoms in total. The van der Waals surface area contributed by atoms with Crippen molar-refractivity contribution in [3.8, 4) is 12.3 Å². The molecule has 1 aromatic heterocycles. The van der Waals surface area contributed by atoms with E-state index in [-0.39, 0.29) is 0 Å². The van der Waals surface area contributed by atoms with Gasteiger partial charge in [-0.25, -0.2) is 0 Å². The lowest BCUT2D eigenvalue weighted by Crippen LogP contribution is -2.33. The maximum absolute atomic E-state index is 6.03. The van der Waals surface area contributed by atoms with Crippen LogP contribution < -0.4 is 0 Å². The van der Waals surface area contributed by atoms with Gasteiger partial charge in [0.05, 0.1) is 12.8 Å². The Morgan fingerprint density at radius 1 is 1.04 bits per heavy atom. The lowest BCUT2D eigenvalue weighted by atomic mass is 9.83. The summed E-state index contributed by atoms with van der Waals surface area (Å²) >= 11 is 0. The first-order valence-corrected chi connectivity index (χ1v) is 9.52. The van der Waals surface area contributed by atoms with Crippen LogP contribution in [0, 0.1) is 12.3 Å². The lowest BCUT2D eigenvalue weighted by Gasteiger charge is -2.29. The Balaban J connectivity index is 1.52. The molecule has 0 radical (unpaired) electrons. The van der Waals surface area contributed by atoms with E-state index in [4.69, 9.17) is 10.8 Å². The average molecular weight is 321 g/mol. The summed E-state index contributed by atoms with van der Waals surface area (Å²) in [5, 5.41) is 2.61. The number of nitrogens with zero attached hydrogens (tertiary/aromatic N) is 1. The zero-order valence-corrected chi connectivity index (χ0v) is 14.5. The molecule has 0 unspecified atom stereocenters.